The molecule has 1 aromatic carbocycles. The molecule has 2 aromatic heterocycles. The number of hydrogen-bond donors (Lipinski definition) is 2. The quantitative estimate of drug-likeness (QED) is 0.512. The molecule has 9 heteroatoms. The molecule has 0 radical (unpaired) electrons. The lowest BCUT2D eigenvalue weighted by Crippen LogP contribution is -2.18. The van der Waals surface area contributed by atoms with Crippen LogP contribution in [0, 0.1) is 12.7 Å². The second-order valence-electron chi connectivity index (χ2n) is 7.92. The molecule has 0 aliphatic rings. The first kappa shape index (κ1) is 23.1. The maximum atomic E-state index is 14.4. The van der Waals surface area contributed by atoms with Crippen LogP contribution in [0.15, 0.2) is 42.7 Å². The normalized spacial score (nSPS) is 11.2. The first-order chi connectivity index (χ1) is 15.2. The van der Waals surface area contributed by atoms with E-state index in [0.29, 0.717) is 29.2 Å². The van der Waals surface area contributed by atoms with E-state index in [9.17, 15) is 13.6 Å². The molecule has 0 unspecified atom stereocenters. The molecule has 0 saturated heterocycles. The molecule has 32 heavy (non-hydrogen) atoms. The summed E-state index contributed by atoms with van der Waals surface area (Å²) in [7, 11) is 1.27. The zero-order valence-corrected chi connectivity index (χ0v) is 18.4. The number of nitrogens with zero attached hydrogens (tertiary/aromatic N) is 3. The van der Waals surface area contributed by atoms with Crippen LogP contribution in [0.1, 0.15) is 25.8 Å². The lowest BCUT2D eigenvalue weighted by molar-refractivity contribution is 0.187. The van der Waals surface area contributed by atoms with Gasteiger partial charge in [-0.15, -0.1) is 0 Å². The number of alkyl halides is 1. The van der Waals surface area contributed by atoms with Crippen LogP contribution in [0.25, 0.3) is 22.4 Å². The highest BCUT2D eigenvalue weighted by molar-refractivity contribution is 5.84. The van der Waals surface area contributed by atoms with Gasteiger partial charge in [0.25, 0.3) is 0 Å². The van der Waals surface area contributed by atoms with Gasteiger partial charge in [-0.3, -0.25) is 5.32 Å². The average Bonchev–Trinajstić information content (AvgIpc) is 2.74. The summed E-state index contributed by atoms with van der Waals surface area (Å²) in [6.07, 6.45) is 2.76. The Morgan fingerprint density at radius 2 is 1.97 bits per heavy atom. The third kappa shape index (κ3) is 5.96. The van der Waals surface area contributed by atoms with Crippen molar-refractivity contribution in [3.8, 4) is 22.4 Å². The molecule has 3 rings (SSSR count). The van der Waals surface area contributed by atoms with E-state index in [4.69, 9.17) is 0 Å². The summed E-state index contributed by atoms with van der Waals surface area (Å²) in [6.45, 7) is 5.05. The molecular weight excluding hydrogens is 416 g/mol. The third-order valence-electron chi connectivity index (χ3n) is 4.79. The van der Waals surface area contributed by atoms with Crippen molar-refractivity contribution in [2.45, 2.75) is 32.9 Å². The Bertz CT molecular complexity index is 1120. The number of aromatic nitrogens is 3. The van der Waals surface area contributed by atoms with E-state index in [1.165, 1.54) is 27.0 Å². The van der Waals surface area contributed by atoms with Crippen molar-refractivity contribution in [3.05, 3.63) is 54.1 Å². The SMILES string of the molecule is COC(=O)Nc1cc(-c2cnnc(-c3cc(NCCC(C)(C)F)c(F)cc3C)c2)ccn1. The first-order valence-corrected chi connectivity index (χ1v) is 10.0. The maximum absolute atomic E-state index is 14.4. The Kier molecular flexibility index (Phi) is 6.97. The van der Waals surface area contributed by atoms with Crippen LogP contribution in [0.3, 0.4) is 0 Å². The number of rotatable bonds is 7. The minimum Gasteiger partial charge on any atom is -0.453 e. The van der Waals surface area contributed by atoms with Crippen LogP contribution in [0.4, 0.5) is 25.1 Å². The number of aryl methyl sites for hydroxylation is 1. The first-order valence-electron chi connectivity index (χ1n) is 10.0. The van der Waals surface area contributed by atoms with Gasteiger partial charge in [0.15, 0.2) is 0 Å². The molecule has 0 spiro atoms. The minimum atomic E-state index is -1.34. The standard InChI is InChI=1S/C23H25F2N5O2/c1-14-9-18(24)20(26-8-6-23(2,3)25)12-17(14)19-10-16(13-28-30-19)15-5-7-27-21(11-15)29-22(31)32-4/h5,7,9-13,26H,6,8H2,1-4H3,(H,27,29,31). The van der Waals surface area contributed by atoms with Crippen LogP contribution < -0.4 is 10.6 Å². The summed E-state index contributed by atoms with van der Waals surface area (Å²) in [5.74, 6) is -0.0902. The average molecular weight is 441 g/mol. The number of hydrogen-bond acceptors (Lipinski definition) is 6. The summed E-state index contributed by atoms with van der Waals surface area (Å²) >= 11 is 0. The predicted molar refractivity (Wildman–Crippen MR) is 120 cm³/mol. The van der Waals surface area contributed by atoms with Gasteiger partial charge < -0.3 is 10.1 Å². The number of nitrogens with one attached hydrogen (secondary N) is 2. The third-order valence-corrected chi connectivity index (χ3v) is 4.79. The largest absolute Gasteiger partial charge is 0.453 e. The van der Waals surface area contributed by atoms with Crippen LogP contribution in [-0.2, 0) is 4.74 Å². The summed E-state index contributed by atoms with van der Waals surface area (Å²) in [5, 5.41) is 13.8. The van der Waals surface area contributed by atoms with Crippen molar-refractivity contribution < 1.29 is 18.3 Å². The number of benzene rings is 1. The van der Waals surface area contributed by atoms with Crippen molar-refractivity contribution in [2.24, 2.45) is 0 Å². The van der Waals surface area contributed by atoms with Gasteiger partial charge in [-0.25, -0.2) is 18.6 Å². The molecule has 0 atom stereocenters. The molecule has 168 valence electrons. The smallest absolute Gasteiger partial charge is 0.412 e. The van der Waals surface area contributed by atoms with Crippen LogP contribution in [-0.4, -0.2) is 40.6 Å². The number of carbonyl (C=O) groups excluding carboxylic acids is 1. The molecular formula is C23H25F2N5O2. The lowest BCUT2D eigenvalue weighted by atomic mass is 10.0. The van der Waals surface area contributed by atoms with Gasteiger partial charge in [0.05, 0.1) is 24.7 Å². The van der Waals surface area contributed by atoms with Crippen LogP contribution in [0.5, 0.6) is 0 Å². The van der Waals surface area contributed by atoms with Crippen LogP contribution in [0.2, 0.25) is 0 Å². The highest BCUT2D eigenvalue weighted by Gasteiger charge is 2.16. The van der Waals surface area contributed by atoms with Crippen molar-refractivity contribution in [1.82, 2.24) is 15.2 Å². The van der Waals surface area contributed by atoms with Crippen molar-refractivity contribution >= 4 is 17.6 Å². The molecule has 0 bridgehead atoms. The fourth-order valence-corrected chi connectivity index (χ4v) is 3.07. The Morgan fingerprint density at radius 1 is 1.19 bits per heavy atom. The molecule has 0 aliphatic carbocycles. The Balaban J connectivity index is 1.90. The van der Waals surface area contributed by atoms with Crippen LogP contribution >= 0.6 is 0 Å². The molecule has 0 saturated carbocycles. The van der Waals surface area contributed by atoms with Crippen molar-refractivity contribution in [2.75, 3.05) is 24.3 Å². The summed E-state index contributed by atoms with van der Waals surface area (Å²) in [4.78, 5) is 15.5. The van der Waals surface area contributed by atoms with Gasteiger partial charge in [-0.2, -0.15) is 10.2 Å². The molecule has 3 aromatic rings. The van der Waals surface area contributed by atoms with E-state index in [1.54, 1.807) is 37.5 Å². The number of anilines is 2. The number of halogens is 2. The Morgan fingerprint density at radius 3 is 2.69 bits per heavy atom. The van der Waals surface area contributed by atoms with Crippen molar-refractivity contribution in [3.63, 3.8) is 0 Å². The van der Waals surface area contributed by atoms with Crippen molar-refractivity contribution in [1.29, 1.82) is 0 Å². The molecule has 2 N–H and O–H groups in total. The fourth-order valence-electron chi connectivity index (χ4n) is 3.07. The predicted octanol–water partition coefficient (Wildman–Crippen LogP) is 5.38. The monoisotopic (exact) mass is 441 g/mol. The van der Waals surface area contributed by atoms with Gasteiger partial charge in [-0.1, -0.05) is 0 Å². The maximum Gasteiger partial charge on any atom is 0.412 e. The molecule has 1 amide bonds. The Labute approximate surface area is 185 Å². The number of pyridine rings is 1. The van der Waals surface area contributed by atoms with Gasteiger partial charge >= 0.3 is 6.09 Å². The summed E-state index contributed by atoms with van der Waals surface area (Å²) in [5.41, 5.74) is 2.36. The Hall–Kier alpha value is -3.62. The second kappa shape index (κ2) is 9.67. The van der Waals surface area contributed by atoms with E-state index in [2.05, 4.69) is 30.6 Å². The van der Waals surface area contributed by atoms with E-state index in [-0.39, 0.29) is 12.1 Å². The van der Waals surface area contributed by atoms with E-state index in [0.717, 1.165) is 11.1 Å². The van der Waals surface area contributed by atoms with Gasteiger partial charge in [0.2, 0.25) is 0 Å². The molecule has 2 heterocycles. The summed E-state index contributed by atoms with van der Waals surface area (Å²) < 4.78 is 32.8. The molecule has 7 nitrogen and oxygen atoms in total. The number of amides is 1. The van der Waals surface area contributed by atoms with Gasteiger partial charge in [0, 0.05) is 23.9 Å². The zero-order valence-electron chi connectivity index (χ0n) is 18.4. The fraction of sp³-hybridized carbons (Fsp3) is 0.304. The van der Waals surface area contributed by atoms with Gasteiger partial charge in [-0.05, 0) is 68.7 Å². The topological polar surface area (TPSA) is 89.0 Å². The van der Waals surface area contributed by atoms with E-state index in [1.807, 2.05) is 6.07 Å². The molecule has 0 aliphatic heterocycles. The minimum absolute atomic E-state index is 0.245. The molecule has 0 fully saturated rings. The van der Waals surface area contributed by atoms with E-state index < -0.39 is 17.6 Å². The van der Waals surface area contributed by atoms with Gasteiger partial charge in [0.1, 0.15) is 17.3 Å². The number of methoxy groups -OCH3 is 1. The summed E-state index contributed by atoms with van der Waals surface area (Å²) in [6, 6.07) is 8.34. The highest BCUT2D eigenvalue weighted by atomic mass is 19.1. The lowest BCUT2D eigenvalue weighted by Gasteiger charge is -2.16. The zero-order chi connectivity index (χ0) is 23.3. The number of carbonyl (C=O) groups is 1. The number of ether oxygens (including phenoxy) is 1. The second-order valence-corrected chi connectivity index (χ2v) is 7.92. The van der Waals surface area contributed by atoms with E-state index >= 15 is 0 Å². The highest BCUT2D eigenvalue weighted by Crippen LogP contribution is 2.30.